The molecule has 1 fully saturated rings. The lowest BCUT2D eigenvalue weighted by atomic mass is 9.96. The molecule has 4 rings (SSSR count). The van der Waals surface area contributed by atoms with Gasteiger partial charge in [0.1, 0.15) is 0 Å². The normalized spacial score (nSPS) is 20.0. The first-order valence-corrected chi connectivity index (χ1v) is 9.87. The second kappa shape index (κ2) is 8.24. The SMILES string of the molecule is Cc1ccc(=O)n(CCN2CCN(C(=O)C3OCCc4ccccc43)CC2)n1. The predicted molar refractivity (Wildman–Crippen MR) is 105 cm³/mol. The minimum absolute atomic E-state index is 0.0587. The molecule has 0 aliphatic carbocycles. The molecule has 2 aliphatic heterocycles. The van der Waals surface area contributed by atoms with Gasteiger partial charge in [-0.1, -0.05) is 24.3 Å². The lowest BCUT2D eigenvalue weighted by Gasteiger charge is -2.37. The van der Waals surface area contributed by atoms with E-state index >= 15 is 0 Å². The molecule has 1 aromatic heterocycles. The van der Waals surface area contributed by atoms with Gasteiger partial charge in [-0.05, 0) is 30.5 Å². The number of fused-ring (bicyclic) bond motifs is 1. The van der Waals surface area contributed by atoms with Crippen molar-refractivity contribution in [2.45, 2.75) is 26.0 Å². The standard InChI is InChI=1S/C21H26N4O3/c1-16-6-7-19(26)25(22-16)14-11-23-9-12-24(13-10-23)21(27)20-18-5-3-2-4-17(18)8-15-28-20/h2-7,20H,8-15H2,1H3. The molecular formula is C21H26N4O3. The first-order valence-electron chi connectivity index (χ1n) is 9.87. The summed E-state index contributed by atoms with van der Waals surface area (Å²) < 4.78 is 7.34. The van der Waals surface area contributed by atoms with Crippen LogP contribution < -0.4 is 5.56 Å². The summed E-state index contributed by atoms with van der Waals surface area (Å²) in [5, 5.41) is 4.28. The Labute approximate surface area is 164 Å². The van der Waals surface area contributed by atoms with Crippen molar-refractivity contribution in [3.8, 4) is 0 Å². The van der Waals surface area contributed by atoms with Gasteiger partial charge in [-0.15, -0.1) is 0 Å². The van der Waals surface area contributed by atoms with Gasteiger partial charge >= 0.3 is 0 Å². The summed E-state index contributed by atoms with van der Waals surface area (Å²) in [6.07, 6.45) is 0.381. The van der Waals surface area contributed by atoms with Crippen molar-refractivity contribution in [2.24, 2.45) is 0 Å². The van der Waals surface area contributed by atoms with Crippen LogP contribution in [0.2, 0.25) is 0 Å². The summed E-state index contributed by atoms with van der Waals surface area (Å²) in [5.41, 5.74) is 2.98. The number of aromatic nitrogens is 2. The number of rotatable bonds is 4. The van der Waals surface area contributed by atoms with Gasteiger partial charge in [-0.3, -0.25) is 14.5 Å². The first kappa shape index (κ1) is 18.8. The monoisotopic (exact) mass is 382 g/mol. The summed E-state index contributed by atoms with van der Waals surface area (Å²) in [6, 6.07) is 11.3. The van der Waals surface area contributed by atoms with Crippen molar-refractivity contribution in [1.29, 1.82) is 0 Å². The van der Waals surface area contributed by atoms with E-state index in [1.165, 1.54) is 10.2 Å². The largest absolute Gasteiger partial charge is 0.363 e. The van der Waals surface area contributed by atoms with Crippen molar-refractivity contribution < 1.29 is 9.53 Å². The summed E-state index contributed by atoms with van der Waals surface area (Å²) in [7, 11) is 0. The van der Waals surface area contributed by atoms with E-state index in [1.54, 1.807) is 12.1 Å². The van der Waals surface area contributed by atoms with E-state index in [0.29, 0.717) is 26.2 Å². The highest BCUT2D eigenvalue weighted by molar-refractivity contribution is 5.83. The average Bonchev–Trinajstić information content (AvgIpc) is 2.74. The Morgan fingerprint density at radius 2 is 1.89 bits per heavy atom. The molecule has 7 heteroatoms. The number of aryl methyl sites for hydroxylation is 1. The Bertz CT molecular complexity index is 903. The lowest BCUT2D eigenvalue weighted by Crippen LogP contribution is -2.51. The number of nitrogens with zero attached hydrogens (tertiary/aromatic N) is 4. The predicted octanol–water partition coefficient (Wildman–Crippen LogP) is 1.01. The third kappa shape index (κ3) is 4.00. The molecule has 2 aliphatic rings. The molecule has 3 heterocycles. The highest BCUT2D eigenvalue weighted by Gasteiger charge is 2.32. The molecule has 148 valence electrons. The maximum Gasteiger partial charge on any atom is 0.266 e. The molecule has 0 spiro atoms. The zero-order valence-electron chi connectivity index (χ0n) is 16.2. The number of amides is 1. The van der Waals surface area contributed by atoms with Gasteiger partial charge in [-0.2, -0.15) is 5.10 Å². The molecule has 0 N–H and O–H groups in total. The maximum atomic E-state index is 13.0. The number of carbonyl (C=O) groups excluding carboxylic acids is 1. The third-order valence-corrected chi connectivity index (χ3v) is 5.53. The van der Waals surface area contributed by atoms with Crippen molar-refractivity contribution in [3.63, 3.8) is 0 Å². The molecule has 1 atom stereocenters. The van der Waals surface area contributed by atoms with Crippen LogP contribution in [0.15, 0.2) is 41.2 Å². The van der Waals surface area contributed by atoms with Crippen LogP contribution in [0.5, 0.6) is 0 Å². The second-order valence-corrected chi connectivity index (χ2v) is 7.40. The molecule has 2 aromatic rings. The quantitative estimate of drug-likeness (QED) is 0.790. The van der Waals surface area contributed by atoms with Gasteiger partial charge < -0.3 is 9.64 Å². The Hall–Kier alpha value is -2.51. The summed E-state index contributed by atoms with van der Waals surface area (Å²) >= 11 is 0. The van der Waals surface area contributed by atoms with Gasteiger partial charge in [0.05, 0.1) is 18.8 Å². The van der Waals surface area contributed by atoms with E-state index in [4.69, 9.17) is 4.74 Å². The third-order valence-electron chi connectivity index (χ3n) is 5.53. The number of carbonyl (C=O) groups is 1. The average molecular weight is 382 g/mol. The van der Waals surface area contributed by atoms with Crippen molar-refractivity contribution in [3.05, 3.63) is 63.6 Å². The van der Waals surface area contributed by atoms with E-state index in [-0.39, 0.29) is 11.5 Å². The Kier molecular flexibility index (Phi) is 5.54. The van der Waals surface area contributed by atoms with Crippen LogP contribution >= 0.6 is 0 Å². The van der Waals surface area contributed by atoms with Crippen LogP contribution in [0.25, 0.3) is 0 Å². The van der Waals surface area contributed by atoms with Gasteiger partial charge in [0.15, 0.2) is 6.10 Å². The van der Waals surface area contributed by atoms with E-state index < -0.39 is 6.10 Å². The molecule has 28 heavy (non-hydrogen) atoms. The fourth-order valence-corrected chi connectivity index (χ4v) is 3.90. The van der Waals surface area contributed by atoms with Gasteiger partial charge in [0, 0.05) is 38.8 Å². The van der Waals surface area contributed by atoms with Crippen LogP contribution in [-0.2, 0) is 22.5 Å². The molecule has 0 radical (unpaired) electrons. The Balaban J connectivity index is 1.32. The lowest BCUT2D eigenvalue weighted by molar-refractivity contribution is -0.147. The van der Waals surface area contributed by atoms with E-state index in [1.807, 2.05) is 30.0 Å². The zero-order valence-corrected chi connectivity index (χ0v) is 16.2. The van der Waals surface area contributed by atoms with Crippen molar-refractivity contribution in [1.82, 2.24) is 19.6 Å². The number of ether oxygens (including phenoxy) is 1. The Morgan fingerprint density at radius 3 is 2.71 bits per heavy atom. The van der Waals surface area contributed by atoms with Crippen LogP contribution in [-0.4, -0.2) is 64.8 Å². The smallest absolute Gasteiger partial charge is 0.266 e. The van der Waals surface area contributed by atoms with Gasteiger partial charge in [-0.25, -0.2) is 4.68 Å². The van der Waals surface area contributed by atoms with Crippen LogP contribution in [0.4, 0.5) is 0 Å². The van der Waals surface area contributed by atoms with Crippen LogP contribution in [0, 0.1) is 6.92 Å². The minimum Gasteiger partial charge on any atom is -0.363 e. The highest BCUT2D eigenvalue weighted by atomic mass is 16.5. The highest BCUT2D eigenvalue weighted by Crippen LogP contribution is 2.28. The molecular weight excluding hydrogens is 356 g/mol. The second-order valence-electron chi connectivity index (χ2n) is 7.40. The van der Waals surface area contributed by atoms with Gasteiger partial charge in [0.25, 0.3) is 11.5 Å². The fourth-order valence-electron chi connectivity index (χ4n) is 3.90. The number of piperazine rings is 1. The molecule has 7 nitrogen and oxygen atoms in total. The van der Waals surface area contributed by atoms with Crippen molar-refractivity contribution in [2.75, 3.05) is 39.3 Å². The molecule has 1 saturated heterocycles. The fraction of sp³-hybridized carbons (Fsp3) is 0.476. The Morgan fingerprint density at radius 1 is 1.11 bits per heavy atom. The molecule has 0 bridgehead atoms. The van der Waals surface area contributed by atoms with E-state index in [0.717, 1.165) is 37.3 Å². The molecule has 1 unspecified atom stereocenters. The van der Waals surface area contributed by atoms with E-state index in [9.17, 15) is 9.59 Å². The van der Waals surface area contributed by atoms with Crippen molar-refractivity contribution >= 4 is 5.91 Å². The van der Waals surface area contributed by atoms with Gasteiger partial charge in [0.2, 0.25) is 0 Å². The first-order chi connectivity index (χ1) is 13.6. The van der Waals surface area contributed by atoms with Crippen LogP contribution in [0.3, 0.4) is 0 Å². The number of hydrogen-bond acceptors (Lipinski definition) is 5. The number of benzene rings is 1. The summed E-state index contributed by atoms with van der Waals surface area (Å²) in [5.74, 6) is 0.0587. The summed E-state index contributed by atoms with van der Waals surface area (Å²) in [4.78, 5) is 29.1. The summed E-state index contributed by atoms with van der Waals surface area (Å²) in [6.45, 7) is 6.72. The zero-order chi connectivity index (χ0) is 19.5. The molecule has 1 amide bonds. The van der Waals surface area contributed by atoms with Crippen LogP contribution in [0.1, 0.15) is 22.9 Å². The minimum atomic E-state index is -0.480. The molecule has 1 aromatic carbocycles. The maximum absolute atomic E-state index is 13.0. The number of hydrogen-bond donors (Lipinski definition) is 0. The molecule has 0 saturated carbocycles. The topological polar surface area (TPSA) is 67.7 Å². The van der Waals surface area contributed by atoms with E-state index in [2.05, 4.69) is 16.1 Å².